The van der Waals surface area contributed by atoms with Crippen molar-refractivity contribution in [2.45, 2.75) is 32.9 Å². The number of hydrogen-bond donors (Lipinski definition) is 1. The largest absolute Gasteiger partial charge is 0.348 e. The van der Waals surface area contributed by atoms with Crippen LogP contribution in [0.15, 0.2) is 41.3 Å². The summed E-state index contributed by atoms with van der Waals surface area (Å²) in [6.45, 7) is 3.97. The first-order valence-corrected chi connectivity index (χ1v) is 8.39. The van der Waals surface area contributed by atoms with Gasteiger partial charge in [0, 0.05) is 0 Å². The molecule has 1 amide bonds. The second-order valence-corrected chi connectivity index (χ2v) is 6.71. The molecule has 5 nitrogen and oxygen atoms in total. The van der Waals surface area contributed by atoms with E-state index in [4.69, 9.17) is 23.2 Å². The summed E-state index contributed by atoms with van der Waals surface area (Å²) in [5, 5.41) is 6.74. The Morgan fingerprint density at radius 1 is 1.25 bits per heavy atom. The first-order valence-electron chi connectivity index (χ1n) is 7.64. The highest BCUT2D eigenvalue weighted by molar-refractivity contribution is 6.41. The molecule has 128 valence electrons. The van der Waals surface area contributed by atoms with Gasteiger partial charge in [-0.3, -0.25) is 9.59 Å². The first kappa shape index (κ1) is 18.5. The van der Waals surface area contributed by atoms with Gasteiger partial charge in [-0.05, 0) is 17.9 Å². The van der Waals surface area contributed by atoms with Crippen LogP contribution in [0.5, 0.6) is 0 Å². The highest BCUT2D eigenvalue weighted by Crippen LogP contribution is 2.21. The number of carbonyl (C=O) groups is 1. The summed E-state index contributed by atoms with van der Waals surface area (Å²) in [6, 6.07) is 9.60. The number of hydrogen-bond acceptors (Lipinski definition) is 3. The van der Waals surface area contributed by atoms with E-state index in [1.807, 2.05) is 30.3 Å². The Morgan fingerprint density at radius 3 is 2.54 bits per heavy atom. The number of nitrogens with zero attached hydrogens (tertiary/aromatic N) is 2. The second-order valence-electron chi connectivity index (χ2n) is 5.93. The summed E-state index contributed by atoms with van der Waals surface area (Å²) >= 11 is 11.5. The standard InChI is InChI=1S/C17H19Cl2N3O2/c1-11(2)8-14(12-6-4-3-5-7-12)21-15(23)10-22-17(24)16(19)13(18)9-20-22/h3-7,9,11,14H,8,10H2,1-2H3,(H,21,23). The van der Waals surface area contributed by atoms with Crippen LogP contribution in [0.3, 0.4) is 0 Å². The van der Waals surface area contributed by atoms with Gasteiger partial charge < -0.3 is 5.32 Å². The molecule has 1 aromatic heterocycles. The number of amides is 1. The van der Waals surface area contributed by atoms with Crippen molar-refractivity contribution in [1.29, 1.82) is 0 Å². The number of rotatable bonds is 6. The Bertz CT molecular complexity index is 760. The highest BCUT2D eigenvalue weighted by Gasteiger charge is 2.17. The van der Waals surface area contributed by atoms with Crippen LogP contribution in [0.4, 0.5) is 0 Å². The Hall–Kier alpha value is -1.85. The molecule has 0 saturated carbocycles. The van der Waals surface area contributed by atoms with Gasteiger partial charge in [-0.15, -0.1) is 0 Å². The fraction of sp³-hybridized carbons (Fsp3) is 0.353. The maximum Gasteiger partial charge on any atom is 0.287 e. The van der Waals surface area contributed by atoms with E-state index in [0.717, 1.165) is 16.7 Å². The number of halogens is 2. The van der Waals surface area contributed by atoms with Gasteiger partial charge in [-0.2, -0.15) is 5.10 Å². The Labute approximate surface area is 150 Å². The summed E-state index contributed by atoms with van der Waals surface area (Å²) in [5.41, 5.74) is 0.438. The van der Waals surface area contributed by atoms with Crippen molar-refractivity contribution in [3.63, 3.8) is 0 Å². The Kier molecular flexibility index (Phi) is 6.40. The van der Waals surface area contributed by atoms with Gasteiger partial charge in [0.05, 0.1) is 17.3 Å². The average molecular weight is 368 g/mol. The van der Waals surface area contributed by atoms with E-state index in [2.05, 4.69) is 24.3 Å². The number of aromatic nitrogens is 2. The molecule has 0 spiro atoms. The molecule has 1 aromatic carbocycles. The summed E-state index contributed by atoms with van der Waals surface area (Å²) < 4.78 is 1.00. The molecule has 1 heterocycles. The quantitative estimate of drug-likeness (QED) is 0.850. The van der Waals surface area contributed by atoms with E-state index >= 15 is 0 Å². The third-order valence-corrected chi connectivity index (χ3v) is 4.23. The second kappa shape index (κ2) is 8.31. The van der Waals surface area contributed by atoms with E-state index in [1.165, 1.54) is 6.20 Å². The lowest BCUT2D eigenvalue weighted by Gasteiger charge is -2.21. The van der Waals surface area contributed by atoms with Gasteiger partial charge >= 0.3 is 0 Å². The minimum atomic E-state index is -0.584. The molecule has 2 aromatic rings. The lowest BCUT2D eigenvalue weighted by molar-refractivity contribution is -0.122. The van der Waals surface area contributed by atoms with Crippen LogP contribution in [-0.4, -0.2) is 15.7 Å². The molecular weight excluding hydrogens is 349 g/mol. The molecule has 0 aliphatic heterocycles. The number of carbonyl (C=O) groups excluding carboxylic acids is 1. The monoisotopic (exact) mass is 367 g/mol. The van der Waals surface area contributed by atoms with Crippen molar-refractivity contribution in [2.24, 2.45) is 5.92 Å². The fourth-order valence-corrected chi connectivity index (χ4v) is 2.64. The van der Waals surface area contributed by atoms with E-state index < -0.39 is 5.56 Å². The normalized spacial score (nSPS) is 12.2. The van der Waals surface area contributed by atoms with Crippen molar-refractivity contribution < 1.29 is 4.79 Å². The van der Waals surface area contributed by atoms with Crippen LogP contribution in [0.25, 0.3) is 0 Å². The SMILES string of the molecule is CC(C)CC(NC(=O)Cn1ncc(Cl)c(Cl)c1=O)c1ccccc1. The van der Waals surface area contributed by atoms with Crippen LogP contribution in [0, 0.1) is 5.92 Å². The van der Waals surface area contributed by atoms with Gasteiger partial charge in [0.2, 0.25) is 5.91 Å². The summed E-state index contributed by atoms with van der Waals surface area (Å²) in [5.74, 6) is 0.0961. The maximum atomic E-state index is 12.3. The van der Waals surface area contributed by atoms with Crippen molar-refractivity contribution in [3.05, 3.63) is 62.5 Å². The minimum absolute atomic E-state index is 0.0697. The zero-order valence-corrected chi connectivity index (χ0v) is 15.0. The molecule has 0 aliphatic rings. The van der Waals surface area contributed by atoms with Gasteiger partial charge in [0.25, 0.3) is 5.56 Å². The van der Waals surface area contributed by atoms with Crippen molar-refractivity contribution >= 4 is 29.1 Å². The van der Waals surface area contributed by atoms with E-state index in [9.17, 15) is 9.59 Å². The molecular formula is C17H19Cl2N3O2. The summed E-state index contributed by atoms with van der Waals surface area (Å²) in [4.78, 5) is 24.3. The van der Waals surface area contributed by atoms with Gasteiger partial charge in [0.1, 0.15) is 11.6 Å². The molecule has 0 fully saturated rings. The van der Waals surface area contributed by atoms with Crippen LogP contribution in [0.1, 0.15) is 31.9 Å². The van der Waals surface area contributed by atoms with Crippen molar-refractivity contribution in [2.75, 3.05) is 0 Å². The Morgan fingerprint density at radius 2 is 1.92 bits per heavy atom. The topological polar surface area (TPSA) is 64.0 Å². The van der Waals surface area contributed by atoms with Crippen LogP contribution >= 0.6 is 23.2 Å². The predicted molar refractivity (Wildman–Crippen MR) is 95.3 cm³/mol. The molecule has 0 radical (unpaired) electrons. The Balaban J connectivity index is 2.14. The average Bonchev–Trinajstić information content (AvgIpc) is 2.55. The van der Waals surface area contributed by atoms with E-state index in [-0.39, 0.29) is 28.5 Å². The molecule has 1 unspecified atom stereocenters. The maximum absolute atomic E-state index is 12.3. The summed E-state index contributed by atoms with van der Waals surface area (Å²) in [7, 11) is 0. The van der Waals surface area contributed by atoms with Gasteiger partial charge in [0.15, 0.2) is 0 Å². The van der Waals surface area contributed by atoms with Crippen molar-refractivity contribution in [3.8, 4) is 0 Å². The molecule has 0 aliphatic carbocycles. The van der Waals surface area contributed by atoms with Gasteiger partial charge in [-0.1, -0.05) is 67.4 Å². The van der Waals surface area contributed by atoms with Crippen LogP contribution in [0.2, 0.25) is 10.0 Å². The van der Waals surface area contributed by atoms with E-state index in [0.29, 0.717) is 5.92 Å². The number of benzene rings is 1. The van der Waals surface area contributed by atoms with Crippen LogP contribution in [-0.2, 0) is 11.3 Å². The highest BCUT2D eigenvalue weighted by atomic mass is 35.5. The number of nitrogens with one attached hydrogen (secondary N) is 1. The zero-order valence-electron chi connectivity index (χ0n) is 13.5. The lowest BCUT2D eigenvalue weighted by atomic mass is 9.97. The third kappa shape index (κ3) is 4.82. The lowest BCUT2D eigenvalue weighted by Crippen LogP contribution is -2.36. The molecule has 7 heteroatoms. The fourth-order valence-electron chi connectivity index (χ4n) is 2.37. The molecule has 2 rings (SSSR count). The molecule has 0 saturated heterocycles. The smallest absolute Gasteiger partial charge is 0.287 e. The molecule has 24 heavy (non-hydrogen) atoms. The minimum Gasteiger partial charge on any atom is -0.348 e. The van der Waals surface area contributed by atoms with E-state index in [1.54, 1.807) is 0 Å². The molecule has 1 N–H and O–H groups in total. The third-order valence-electron chi connectivity index (χ3n) is 3.48. The summed E-state index contributed by atoms with van der Waals surface area (Å²) in [6.07, 6.45) is 2.04. The predicted octanol–water partition coefficient (Wildman–Crippen LogP) is 3.45. The van der Waals surface area contributed by atoms with Crippen LogP contribution < -0.4 is 10.9 Å². The zero-order chi connectivity index (χ0) is 17.7. The molecule has 0 bridgehead atoms. The van der Waals surface area contributed by atoms with Crippen molar-refractivity contribution in [1.82, 2.24) is 15.1 Å². The molecule has 1 atom stereocenters. The first-order chi connectivity index (χ1) is 11.4. The van der Waals surface area contributed by atoms with Gasteiger partial charge in [-0.25, -0.2) is 4.68 Å².